The minimum atomic E-state index is -0.454. The zero-order chi connectivity index (χ0) is 18.0. The van der Waals surface area contributed by atoms with Crippen molar-refractivity contribution in [1.82, 2.24) is 0 Å². The van der Waals surface area contributed by atoms with Crippen molar-refractivity contribution < 1.29 is 23.4 Å². The van der Waals surface area contributed by atoms with Crippen LogP contribution in [-0.2, 0) is 4.74 Å². The van der Waals surface area contributed by atoms with Gasteiger partial charge in [0, 0.05) is 6.07 Å². The Labute approximate surface area is 152 Å². The van der Waals surface area contributed by atoms with E-state index in [-0.39, 0.29) is 22.5 Å². The summed E-state index contributed by atoms with van der Waals surface area (Å²) in [7, 11) is 2.98. The number of ether oxygens (including phenoxy) is 4. The van der Waals surface area contributed by atoms with Gasteiger partial charge >= 0.3 is 0 Å². The Kier molecular flexibility index (Phi) is 3.15. The smallest absolute Gasteiger partial charge is 0.250 e. The summed E-state index contributed by atoms with van der Waals surface area (Å²) in [5, 5.41) is 0.936. The van der Waals surface area contributed by atoms with Crippen LogP contribution >= 0.6 is 11.6 Å². The Morgan fingerprint density at radius 2 is 1.85 bits per heavy atom. The fourth-order valence-corrected chi connectivity index (χ4v) is 3.91. The molecule has 0 saturated heterocycles. The Morgan fingerprint density at radius 3 is 2.62 bits per heavy atom. The summed E-state index contributed by atoms with van der Waals surface area (Å²) in [5.74, 6) is 1.14. The lowest BCUT2D eigenvalue weighted by Gasteiger charge is -2.13. The van der Waals surface area contributed by atoms with Crippen LogP contribution in [0.5, 0.6) is 17.2 Å². The van der Waals surface area contributed by atoms with Gasteiger partial charge in [0.2, 0.25) is 5.43 Å². The molecular formula is C19H13ClO6. The van der Waals surface area contributed by atoms with Crippen molar-refractivity contribution >= 4 is 33.5 Å². The highest BCUT2D eigenvalue weighted by atomic mass is 35.5. The van der Waals surface area contributed by atoms with Gasteiger partial charge in [0.25, 0.3) is 6.29 Å². The van der Waals surface area contributed by atoms with Crippen molar-refractivity contribution in [2.75, 3.05) is 14.2 Å². The van der Waals surface area contributed by atoms with Crippen molar-refractivity contribution in [2.45, 2.75) is 12.2 Å². The first-order chi connectivity index (χ1) is 12.6. The third-order valence-corrected chi connectivity index (χ3v) is 5.07. The molecule has 0 radical (unpaired) electrons. The van der Waals surface area contributed by atoms with E-state index in [4.69, 9.17) is 35.0 Å². The molecule has 0 spiro atoms. The Balaban J connectivity index is 1.95. The van der Waals surface area contributed by atoms with Crippen LogP contribution in [0.15, 0.2) is 39.7 Å². The van der Waals surface area contributed by atoms with Gasteiger partial charge in [0.05, 0.1) is 37.0 Å². The SMILES string of the molecule is COc1c(Cl)ccc2oc3cc4c(c(OC)c3c(=O)c12)[C@@H]1C=CO[C@@H]1O4. The number of fused-ring (bicyclic) bond motifs is 5. The van der Waals surface area contributed by atoms with Crippen LogP contribution in [0.4, 0.5) is 0 Å². The second-order valence-electron chi connectivity index (χ2n) is 6.06. The number of benzene rings is 2. The molecule has 0 bridgehead atoms. The van der Waals surface area contributed by atoms with Crippen LogP contribution < -0.4 is 19.6 Å². The molecule has 0 unspecified atom stereocenters. The average Bonchev–Trinajstić information content (AvgIpc) is 3.21. The van der Waals surface area contributed by atoms with Crippen LogP contribution in [-0.4, -0.2) is 20.5 Å². The highest BCUT2D eigenvalue weighted by Gasteiger charge is 2.41. The second kappa shape index (κ2) is 5.32. The van der Waals surface area contributed by atoms with E-state index in [9.17, 15) is 4.79 Å². The van der Waals surface area contributed by atoms with Crippen molar-refractivity contribution in [3.05, 3.63) is 51.3 Å². The molecule has 2 aliphatic rings. The Hall–Kier alpha value is -2.86. The zero-order valence-electron chi connectivity index (χ0n) is 13.9. The summed E-state index contributed by atoms with van der Waals surface area (Å²) in [6.07, 6.45) is 3.02. The molecule has 3 aromatic rings. The molecule has 0 amide bonds. The highest BCUT2D eigenvalue weighted by Crippen LogP contribution is 2.50. The molecule has 2 aliphatic heterocycles. The van der Waals surface area contributed by atoms with Crippen molar-refractivity contribution in [1.29, 1.82) is 0 Å². The van der Waals surface area contributed by atoms with Gasteiger partial charge in [-0.15, -0.1) is 0 Å². The predicted molar refractivity (Wildman–Crippen MR) is 95.5 cm³/mol. The molecule has 0 saturated carbocycles. The van der Waals surface area contributed by atoms with Crippen LogP contribution in [0.25, 0.3) is 21.9 Å². The molecule has 0 fully saturated rings. The first-order valence-corrected chi connectivity index (χ1v) is 8.34. The molecule has 7 heteroatoms. The molecule has 5 rings (SSSR count). The average molecular weight is 373 g/mol. The largest absolute Gasteiger partial charge is 0.495 e. The molecule has 2 aromatic carbocycles. The lowest BCUT2D eigenvalue weighted by atomic mass is 9.97. The van der Waals surface area contributed by atoms with E-state index < -0.39 is 6.29 Å². The number of hydrogen-bond acceptors (Lipinski definition) is 6. The van der Waals surface area contributed by atoms with Gasteiger partial charge in [-0.1, -0.05) is 11.6 Å². The second-order valence-corrected chi connectivity index (χ2v) is 6.46. The number of methoxy groups -OCH3 is 2. The van der Waals surface area contributed by atoms with Gasteiger partial charge in [-0.25, -0.2) is 0 Å². The highest BCUT2D eigenvalue weighted by molar-refractivity contribution is 6.33. The summed E-state index contributed by atoms with van der Waals surface area (Å²) in [4.78, 5) is 13.3. The van der Waals surface area contributed by atoms with Crippen molar-refractivity contribution in [3.63, 3.8) is 0 Å². The van der Waals surface area contributed by atoms with E-state index in [2.05, 4.69) is 0 Å². The third kappa shape index (κ3) is 1.85. The molecule has 6 nitrogen and oxygen atoms in total. The minimum Gasteiger partial charge on any atom is -0.495 e. The third-order valence-electron chi connectivity index (χ3n) is 4.77. The van der Waals surface area contributed by atoms with Crippen LogP contribution in [0.1, 0.15) is 11.5 Å². The summed E-state index contributed by atoms with van der Waals surface area (Å²) in [6, 6.07) is 4.97. The molecule has 132 valence electrons. The van der Waals surface area contributed by atoms with Gasteiger partial charge in [-0.3, -0.25) is 4.79 Å². The molecule has 2 atom stereocenters. The van der Waals surface area contributed by atoms with E-state index in [1.165, 1.54) is 14.2 Å². The lowest BCUT2D eigenvalue weighted by molar-refractivity contribution is -0.00481. The van der Waals surface area contributed by atoms with Gasteiger partial charge in [-0.05, 0) is 18.2 Å². The summed E-state index contributed by atoms with van der Waals surface area (Å²) in [5.41, 5.74) is 1.24. The standard InChI is InChI=1S/C19H13ClO6/c1-22-17-9(20)3-4-10-14(17)16(21)15-12(25-10)7-11-13(18(15)23-2)8-5-6-24-19(8)26-11/h3-8,19H,1-2H3/t8-,19+/m0/s1. The number of halogens is 1. The maximum absolute atomic E-state index is 13.3. The van der Waals surface area contributed by atoms with Crippen LogP contribution in [0.2, 0.25) is 5.02 Å². The molecule has 0 N–H and O–H groups in total. The van der Waals surface area contributed by atoms with E-state index in [1.54, 1.807) is 24.5 Å². The lowest BCUT2D eigenvalue weighted by Crippen LogP contribution is -2.14. The van der Waals surface area contributed by atoms with E-state index in [0.29, 0.717) is 33.1 Å². The Bertz CT molecular complexity index is 1160. The van der Waals surface area contributed by atoms with E-state index in [0.717, 1.165) is 5.56 Å². The Morgan fingerprint density at radius 1 is 1.08 bits per heavy atom. The first-order valence-electron chi connectivity index (χ1n) is 7.96. The van der Waals surface area contributed by atoms with Gasteiger partial charge in [0.1, 0.15) is 33.4 Å². The minimum absolute atomic E-state index is 0.138. The van der Waals surface area contributed by atoms with Gasteiger partial charge < -0.3 is 23.4 Å². The first kappa shape index (κ1) is 15.4. The zero-order valence-corrected chi connectivity index (χ0v) is 14.6. The molecule has 1 aromatic heterocycles. The van der Waals surface area contributed by atoms with Crippen LogP contribution in [0, 0.1) is 0 Å². The predicted octanol–water partition coefficient (Wildman–Crippen LogP) is 3.96. The summed E-state index contributed by atoms with van der Waals surface area (Å²) in [6.45, 7) is 0. The quantitative estimate of drug-likeness (QED) is 0.634. The summed E-state index contributed by atoms with van der Waals surface area (Å²) < 4.78 is 28.2. The molecule has 0 aliphatic carbocycles. The van der Waals surface area contributed by atoms with Gasteiger partial charge in [0.15, 0.2) is 5.75 Å². The van der Waals surface area contributed by atoms with E-state index >= 15 is 0 Å². The normalized spacial score (nSPS) is 20.0. The van der Waals surface area contributed by atoms with Crippen molar-refractivity contribution in [3.8, 4) is 17.2 Å². The molecule has 26 heavy (non-hydrogen) atoms. The fourth-order valence-electron chi connectivity index (χ4n) is 3.67. The monoisotopic (exact) mass is 372 g/mol. The maximum atomic E-state index is 13.3. The molecule has 3 heterocycles. The summed E-state index contributed by atoms with van der Waals surface area (Å²) >= 11 is 6.18. The topological polar surface area (TPSA) is 67.1 Å². The van der Waals surface area contributed by atoms with E-state index in [1.807, 2.05) is 6.08 Å². The number of rotatable bonds is 2. The van der Waals surface area contributed by atoms with Crippen molar-refractivity contribution in [2.24, 2.45) is 0 Å². The number of hydrogen-bond donors (Lipinski definition) is 0. The van der Waals surface area contributed by atoms with Crippen LogP contribution in [0.3, 0.4) is 0 Å². The fraction of sp³-hybridized carbons (Fsp3) is 0.211. The van der Waals surface area contributed by atoms with Gasteiger partial charge in [-0.2, -0.15) is 0 Å². The molecular weight excluding hydrogens is 360 g/mol. The maximum Gasteiger partial charge on any atom is 0.250 e.